The molecule has 86 valence electrons. The van der Waals surface area contributed by atoms with Gasteiger partial charge in [0.2, 0.25) is 0 Å². The number of hydrogen-bond donors (Lipinski definition) is 0. The molecule has 2 aromatic rings. The quantitative estimate of drug-likeness (QED) is 0.715. The van der Waals surface area contributed by atoms with E-state index < -0.39 is 0 Å². The lowest BCUT2D eigenvalue weighted by Crippen LogP contribution is -2.11. The largest absolute Gasteiger partial charge is 0.261 e. The maximum Gasteiger partial charge on any atom is 0.0372 e. The second kappa shape index (κ2) is 4.33. The maximum absolute atomic E-state index is 4.43. The number of nitrogens with zero attached hydrogens (tertiary/aromatic N) is 1. The zero-order valence-corrected chi connectivity index (χ0v) is 10.2. The van der Waals surface area contributed by atoms with E-state index in [9.17, 15) is 0 Å². The van der Waals surface area contributed by atoms with Crippen LogP contribution in [-0.2, 0) is 6.42 Å². The van der Waals surface area contributed by atoms with Crippen molar-refractivity contribution in [2.24, 2.45) is 0 Å². The van der Waals surface area contributed by atoms with Crippen molar-refractivity contribution in [3.63, 3.8) is 0 Å². The van der Waals surface area contributed by atoms with Crippen molar-refractivity contribution in [3.05, 3.63) is 65.0 Å². The van der Waals surface area contributed by atoms with Crippen molar-refractivity contribution >= 4 is 0 Å². The first-order valence-corrected chi connectivity index (χ1v) is 6.35. The molecule has 3 rings (SSSR count). The molecule has 1 atom stereocenters. The zero-order chi connectivity index (χ0) is 11.7. The minimum Gasteiger partial charge on any atom is -0.261 e. The van der Waals surface area contributed by atoms with Crippen LogP contribution in [0.5, 0.6) is 0 Å². The number of rotatable bonds is 1. The Kier molecular flexibility index (Phi) is 2.68. The van der Waals surface area contributed by atoms with Gasteiger partial charge < -0.3 is 0 Å². The highest BCUT2D eigenvalue weighted by molar-refractivity contribution is 5.39. The lowest BCUT2D eigenvalue weighted by molar-refractivity contribution is 0.614. The van der Waals surface area contributed by atoms with Crippen LogP contribution in [0, 0.1) is 6.92 Å². The van der Waals surface area contributed by atoms with E-state index in [1.807, 2.05) is 13.1 Å². The van der Waals surface area contributed by atoms with Crippen LogP contribution in [0.15, 0.2) is 42.6 Å². The van der Waals surface area contributed by atoms with Gasteiger partial charge in [-0.2, -0.15) is 0 Å². The van der Waals surface area contributed by atoms with Gasteiger partial charge in [0.25, 0.3) is 0 Å². The Hall–Kier alpha value is -1.63. The predicted octanol–water partition coefficient (Wildman–Crippen LogP) is 3.86. The summed E-state index contributed by atoms with van der Waals surface area (Å²) in [5, 5.41) is 0. The molecular weight excluding hydrogens is 206 g/mol. The van der Waals surface area contributed by atoms with Crippen LogP contribution in [0.25, 0.3) is 0 Å². The number of benzene rings is 1. The number of aryl methyl sites for hydroxylation is 2. The van der Waals surface area contributed by atoms with E-state index >= 15 is 0 Å². The molecule has 1 aromatic heterocycles. The van der Waals surface area contributed by atoms with Gasteiger partial charge in [0.1, 0.15) is 0 Å². The molecule has 0 bridgehead atoms. The molecule has 1 aliphatic carbocycles. The monoisotopic (exact) mass is 223 g/mol. The molecule has 0 radical (unpaired) electrons. The highest BCUT2D eigenvalue weighted by Crippen LogP contribution is 2.36. The molecule has 1 nitrogen and oxygen atoms in total. The van der Waals surface area contributed by atoms with E-state index in [0.717, 1.165) is 5.69 Å². The number of fused-ring (bicyclic) bond motifs is 1. The molecule has 0 aliphatic heterocycles. The summed E-state index contributed by atoms with van der Waals surface area (Å²) in [6.45, 7) is 2.04. The zero-order valence-electron chi connectivity index (χ0n) is 10.2. The van der Waals surface area contributed by atoms with Gasteiger partial charge in [0.05, 0.1) is 0 Å². The summed E-state index contributed by atoms with van der Waals surface area (Å²) in [4.78, 5) is 4.43. The first-order chi connectivity index (χ1) is 8.34. The molecule has 1 unspecified atom stereocenters. The third-order valence-corrected chi connectivity index (χ3v) is 3.71. The van der Waals surface area contributed by atoms with Gasteiger partial charge in [0, 0.05) is 17.8 Å². The van der Waals surface area contributed by atoms with E-state index in [2.05, 4.69) is 41.4 Å². The summed E-state index contributed by atoms with van der Waals surface area (Å²) in [6.07, 6.45) is 5.81. The second-order valence-electron chi connectivity index (χ2n) is 4.88. The second-order valence-corrected chi connectivity index (χ2v) is 4.88. The Bertz CT molecular complexity index is 513. The summed E-state index contributed by atoms with van der Waals surface area (Å²) < 4.78 is 0. The summed E-state index contributed by atoms with van der Waals surface area (Å²) in [7, 11) is 0. The Balaban J connectivity index is 2.03. The molecule has 0 saturated heterocycles. The van der Waals surface area contributed by atoms with Crippen LogP contribution >= 0.6 is 0 Å². The highest BCUT2D eigenvalue weighted by atomic mass is 14.7. The molecule has 0 N–H and O–H groups in total. The molecule has 1 aliphatic rings. The normalized spacial score (nSPS) is 18.8. The summed E-state index contributed by atoms with van der Waals surface area (Å²) in [5.74, 6) is 0.549. The smallest absolute Gasteiger partial charge is 0.0372 e. The van der Waals surface area contributed by atoms with E-state index in [1.54, 1.807) is 0 Å². The molecule has 17 heavy (non-hydrogen) atoms. The Morgan fingerprint density at radius 2 is 2.00 bits per heavy atom. The predicted molar refractivity (Wildman–Crippen MR) is 70.2 cm³/mol. The van der Waals surface area contributed by atoms with E-state index in [1.165, 1.54) is 36.0 Å². The van der Waals surface area contributed by atoms with Crippen molar-refractivity contribution in [1.29, 1.82) is 0 Å². The molecule has 1 heterocycles. The topological polar surface area (TPSA) is 12.9 Å². The lowest BCUT2D eigenvalue weighted by atomic mass is 9.79. The van der Waals surface area contributed by atoms with Gasteiger partial charge in [-0.15, -0.1) is 0 Å². The van der Waals surface area contributed by atoms with Crippen LogP contribution in [0.4, 0.5) is 0 Å². The van der Waals surface area contributed by atoms with Crippen molar-refractivity contribution in [2.75, 3.05) is 0 Å². The fraction of sp³-hybridized carbons (Fsp3) is 0.312. The average Bonchev–Trinajstić information content (AvgIpc) is 2.39. The molecule has 0 fully saturated rings. The third-order valence-electron chi connectivity index (χ3n) is 3.71. The summed E-state index contributed by atoms with van der Waals surface area (Å²) >= 11 is 0. The van der Waals surface area contributed by atoms with E-state index in [4.69, 9.17) is 0 Å². The first kappa shape index (κ1) is 10.5. The van der Waals surface area contributed by atoms with Gasteiger partial charge in [-0.1, -0.05) is 30.3 Å². The van der Waals surface area contributed by atoms with Crippen molar-refractivity contribution in [1.82, 2.24) is 4.98 Å². The Labute approximate surface area is 103 Å². The van der Waals surface area contributed by atoms with E-state index in [-0.39, 0.29) is 0 Å². The number of pyridine rings is 1. The minimum absolute atomic E-state index is 0.549. The highest BCUT2D eigenvalue weighted by Gasteiger charge is 2.21. The fourth-order valence-electron chi connectivity index (χ4n) is 2.79. The Morgan fingerprint density at radius 3 is 2.82 bits per heavy atom. The third kappa shape index (κ3) is 1.97. The van der Waals surface area contributed by atoms with Crippen LogP contribution < -0.4 is 0 Å². The van der Waals surface area contributed by atoms with Gasteiger partial charge in [0.15, 0.2) is 0 Å². The fourth-order valence-corrected chi connectivity index (χ4v) is 2.79. The van der Waals surface area contributed by atoms with Crippen LogP contribution in [0.2, 0.25) is 0 Å². The van der Waals surface area contributed by atoms with Crippen molar-refractivity contribution in [2.45, 2.75) is 32.1 Å². The van der Waals surface area contributed by atoms with Gasteiger partial charge in [-0.25, -0.2) is 0 Å². The molecule has 0 saturated carbocycles. The van der Waals surface area contributed by atoms with Gasteiger partial charge in [-0.3, -0.25) is 4.98 Å². The SMILES string of the molecule is Cc1ccc(C2CCCc3ccccc32)cn1. The molecule has 0 spiro atoms. The molecule has 1 heteroatoms. The van der Waals surface area contributed by atoms with Gasteiger partial charge in [-0.05, 0) is 48.9 Å². The standard InChI is InChI=1S/C16H17N/c1-12-9-10-14(11-17-12)16-8-4-6-13-5-2-3-7-15(13)16/h2-3,5,7,9-11,16H,4,6,8H2,1H3. The van der Waals surface area contributed by atoms with Crippen LogP contribution in [0.1, 0.15) is 41.1 Å². The lowest BCUT2D eigenvalue weighted by Gasteiger charge is -2.25. The molecule has 1 aromatic carbocycles. The Morgan fingerprint density at radius 1 is 1.12 bits per heavy atom. The maximum atomic E-state index is 4.43. The van der Waals surface area contributed by atoms with E-state index in [0.29, 0.717) is 5.92 Å². The van der Waals surface area contributed by atoms with Crippen molar-refractivity contribution < 1.29 is 0 Å². The van der Waals surface area contributed by atoms with Gasteiger partial charge >= 0.3 is 0 Å². The summed E-state index contributed by atoms with van der Waals surface area (Å²) in [5.41, 5.74) is 5.48. The average molecular weight is 223 g/mol. The number of aromatic nitrogens is 1. The van der Waals surface area contributed by atoms with Crippen LogP contribution in [-0.4, -0.2) is 4.98 Å². The van der Waals surface area contributed by atoms with Crippen molar-refractivity contribution in [3.8, 4) is 0 Å². The molecule has 0 amide bonds. The first-order valence-electron chi connectivity index (χ1n) is 6.35. The number of hydrogen-bond acceptors (Lipinski definition) is 1. The van der Waals surface area contributed by atoms with Crippen LogP contribution in [0.3, 0.4) is 0 Å². The molecular formula is C16H17N. The minimum atomic E-state index is 0.549. The summed E-state index contributed by atoms with van der Waals surface area (Å²) in [6, 6.07) is 13.2.